The van der Waals surface area contributed by atoms with Crippen molar-refractivity contribution in [2.75, 3.05) is 12.4 Å². The molecule has 2 aromatic carbocycles. The van der Waals surface area contributed by atoms with Gasteiger partial charge in [0.15, 0.2) is 5.13 Å². The van der Waals surface area contributed by atoms with Crippen LogP contribution in [0.2, 0.25) is 0 Å². The number of amides is 1. The number of nitrogens with zero attached hydrogens (tertiary/aromatic N) is 1. The molecule has 0 atom stereocenters. The third kappa shape index (κ3) is 3.03. The third-order valence-corrected chi connectivity index (χ3v) is 5.98. The minimum atomic E-state index is -0.151. The van der Waals surface area contributed by atoms with Crippen LogP contribution in [0.3, 0.4) is 0 Å². The Kier molecular flexibility index (Phi) is 4.60. The fourth-order valence-corrected chi connectivity index (χ4v) is 3.91. The fraction of sp³-hybridized carbons (Fsp3) is 0.222. The molecule has 0 aliphatic rings. The summed E-state index contributed by atoms with van der Waals surface area (Å²) in [5, 5.41) is 3.49. The standard InChI is InChI=1S/C18H17BrN2O2S/c1-9-10(2)13(8-14(19)11(9)3)17(22)21-18-20-15-6-5-12(23-4)7-16(15)24-18/h5-8H,1-4H3,(H,20,21,22). The second-order valence-corrected chi connectivity index (χ2v) is 7.47. The maximum absolute atomic E-state index is 12.7. The van der Waals surface area contributed by atoms with Gasteiger partial charge in [-0.3, -0.25) is 10.1 Å². The summed E-state index contributed by atoms with van der Waals surface area (Å²) in [6.45, 7) is 6.03. The molecule has 0 saturated carbocycles. The van der Waals surface area contributed by atoms with Crippen LogP contribution in [0.5, 0.6) is 5.75 Å². The Hall–Kier alpha value is -1.92. The molecular weight excluding hydrogens is 388 g/mol. The molecule has 1 N–H and O–H groups in total. The van der Waals surface area contributed by atoms with Crippen LogP contribution in [0.15, 0.2) is 28.7 Å². The van der Waals surface area contributed by atoms with E-state index in [1.165, 1.54) is 11.3 Å². The quantitative estimate of drug-likeness (QED) is 0.648. The maximum atomic E-state index is 12.7. The number of carbonyl (C=O) groups excluding carboxylic acids is 1. The van der Waals surface area contributed by atoms with Gasteiger partial charge in [0.25, 0.3) is 5.91 Å². The molecule has 1 aromatic heterocycles. The molecule has 0 spiro atoms. The second-order valence-electron chi connectivity index (χ2n) is 5.59. The molecule has 1 amide bonds. The fourth-order valence-electron chi connectivity index (χ4n) is 2.49. The summed E-state index contributed by atoms with van der Waals surface area (Å²) in [6.07, 6.45) is 0. The van der Waals surface area contributed by atoms with Crippen LogP contribution in [0.4, 0.5) is 5.13 Å². The lowest BCUT2D eigenvalue weighted by Crippen LogP contribution is -2.14. The van der Waals surface area contributed by atoms with Crippen LogP contribution in [0.1, 0.15) is 27.0 Å². The van der Waals surface area contributed by atoms with Crippen LogP contribution in [0.25, 0.3) is 10.2 Å². The van der Waals surface area contributed by atoms with Gasteiger partial charge in [0.05, 0.1) is 17.3 Å². The first-order valence-electron chi connectivity index (χ1n) is 7.43. The van der Waals surface area contributed by atoms with Gasteiger partial charge >= 0.3 is 0 Å². The zero-order valence-electron chi connectivity index (χ0n) is 13.9. The van der Waals surface area contributed by atoms with Gasteiger partial charge in [-0.2, -0.15) is 0 Å². The van der Waals surface area contributed by atoms with Crippen molar-refractivity contribution in [2.45, 2.75) is 20.8 Å². The van der Waals surface area contributed by atoms with Gasteiger partial charge in [0.1, 0.15) is 5.75 Å². The third-order valence-electron chi connectivity index (χ3n) is 4.22. The topological polar surface area (TPSA) is 51.2 Å². The molecule has 0 saturated heterocycles. The van der Waals surface area contributed by atoms with Crippen LogP contribution >= 0.6 is 27.3 Å². The number of thiazole rings is 1. The van der Waals surface area contributed by atoms with Crippen LogP contribution in [0, 0.1) is 20.8 Å². The summed E-state index contributed by atoms with van der Waals surface area (Å²) in [7, 11) is 1.63. The van der Waals surface area contributed by atoms with Gasteiger partial charge in [0.2, 0.25) is 0 Å². The molecule has 0 aliphatic heterocycles. The molecule has 6 heteroatoms. The largest absolute Gasteiger partial charge is 0.497 e. The number of benzene rings is 2. The number of aromatic nitrogens is 1. The average molecular weight is 405 g/mol. The van der Waals surface area contributed by atoms with E-state index in [0.29, 0.717) is 10.7 Å². The van der Waals surface area contributed by atoms with E-state index < -0.39 is 0 Å². The Morgan fingerprint density at radius 3 is 2.62 bits per heavy atom. The Morgan fingerprint density at radius 2 is 1.92 bits per heavy atom. The van der Waals surface area contributed by atoms with Gasteiger partial charge in [-0.05, 0) is 61.7 Å². The number of fused-ring (bicyclic) bond motifs is 1. The number of hydrogen-bond donors (Lipinski definition) is 1. The Morgan fingerprint density at radius 1 is 1.17 bits per heavy atom. The van der Waals surface area contributed by atoms with Crippen molar-refractivity contribution in [3.63, 3.8) is 0 Å². The SMILES string of the molecule is COc1ccc2nc(NC(=O)c3cc(Br)c(C)c(C)c3C)sc2c1. The minimum Gasteiger partial charge on any atom is -0.497 e. The van der Waals surface area contributed by atoms with E-state index in [-0.39, 0.29) is 5.91 Å². The first kappa shape index (κ1) is 16.9. The Balaban J connectivity index is 1.93. The number of carbonyl (C=O) groups is 1. The van der Waals surface area contributed by atoms with E-state index in [1.807, 2.05) is 45.0 Å². The molecule has 0 fully saturated rings. The summed E-state index contributed by atoms with van der Waals surface area (Å²) in [5.74, 6) is 0.625. The first-order chi connectivity index (χ1) is 11.4. The number of methoxy groups -OCH3 is 1. The van der Waals surface area contributed by atoms with Crippen LogP contribution < -0.4 is 10.1 Å². The van der Waals surface area contributed by atoms with Crippen molar-refractivity contribution >= 4 is 48.5 Å². The second kappa shape index (κ2) is 6.53. The molecule has 24 heavy (non-hydrogen) atoms. The highest BCUT2D eigenvalue weighted by atomic mass is 79.9. The van der Waals surface area contributed by atoms with Crippen molar-refractivity contribution in [2.24, 2.45) is 0 Å². The van der Waals surface area contributed by atoms with Gasteiger partial charge in [-0.15, -0.1) is 0 Å². The van der Waals surface area contributed by atoms with Gasteiger partial charge in [-0.25, -0.2) is 4.98 Å². The minimum absolute atomic E-state index is 0.151. The Bertz CT molecular complexity index is 950. The van der Waals surface area contributed by atoms with E-state index in [2.05, 4.69) is 26.2 Å². The summed E-state index contributed by atoms with van der Waals surface area (Å²) in [5.41, 5.74) is 4.74. The predicted molar refractivity (Wildman–Crippen MR) is 102 cm³/mol. The highest BCUT2D eigenvalue weighted by Gasteiger charge is 2.16. The molecule has 3 aromatic rings. The lowest BCUT2D eigenvalue weighted by Gasteiger charge is -2.12. The lowest BCUT2D eigenvalue weighted by atomic mass is 9.98. The molecule has 1 heterocycles. The normalized spacial score (nSPS) is 10.9. The molecule has 0 unspecified atom stereocenters. The monoisotopic (exact) mass is 404 g/mol. The lowest BCUT2D eigenvalue weighted by molar-refractivity contribution is 0.102. The molecule has 0 aliphatic carbocycles. The predicted octanol–water partition coefficient (Wildman–Crippen LogP) is 5.24. The number of hydrogen-bond acceptors (Lipinski definition) is 4. The summed E-state index contributed by atoms with van der Waals surface area (Å²) in [6, 6.07) is 7.53. The van der Waals surface area contributed by atoms with Crippen molar-refractivity contribution in [3.05, 3.63) is 51.0 Å². The highest BCUT2D eigenvalue weighted by Crippen LogP contribution is 2.30. The van der Waals surface area contributed by atoms with E-state index >= 15 is 0 Å². The van der Waals surface area contributed by atoms with Crippen molar-refractivity contribution in [1.29, 1.82) is 0 Å². The number of ether oxygens (including phenoxy) is 1. The van der Waals surface area contributed by atoms with Gasteiger partial charge in [0, 0.05) is 10.0 Å². The van der Waals surface area contributed by atoms with Gasteiger partial charge in [-0.1, -0.05) is 27.3 Å². The summed E-state index contributed by atoms with van der Waals surface area (Å²) < 4.78 is 7.13. The van der Waals surface area contributed by atoms with Crippen LogP contribution in [-0.2, 0) is 0 Å². The van der Waals surface area contributed by atoms with E-state index in [1.54, 1.807) is 7.11 Å². The van der Waals surface area contributed by atoms with E-state index in [9.17, 15) is 4.79 Å². The molecule has 3 rings (SSSR count). The van der Waals surface area contributed by atoms with E-state index in [0.717, 1.165) is 37.1 Å². The molecular formula is C18H17BrN2O2S. The highest BCUT2D eigenvalue weighted by molar-refractivity contribution is 9.10. The van der Waals surface area contributed by atoms with Crippen LogP contribution in [-0.4, -0.2) is 18.0 Å². The Labute approximate surface area is 153 Å². The van der Waals surface area contributed by atoms with Crippen molar-refractivity contribution in [1.82, 2.24) is 4.98 Å². The maximum Gasteiger partial charge on any atom is 0.257 e. The molecule has 4 nitrogen and oxygen atoms in total. The van der Waals surface area contributed by atoms with Crippen molar-refractivity contribution in [3.8, 4) is 5.75 Å². The zero-order valence-corrected chi connectivity index (χ0v) is 16.3. The summed E-state index contributed by atoms with van der Waals surface area (Å²) >= 11 is 4.95. The molecule has 0 bridgehead atoms. The number of halogens is 1. The summed E-state index contributed by atoms with van der Waals surface area (Å²) in [4.78, 5) is 17.1. The average Bonchev–Trinajstić information content (AvgIpc) is 2.97. The smallest absolute Gasteiger partial charge is 0.257 e. The zero-order chi connectivity index (χ0) is 17.4. The number of anilines is 1. The van der Waals surface area contributed by atoms with Crippen molar-refractivity contribution < 1.29 is 9.53 Å². The number of rotatable bonds is 3. The van der Waals surface area contributed by atoms with Gasteiger partial charge < -0.3 is 4.74 Å². The first-order valence-corrected chi connectivity index (χ1v) is 9.04. The number of nitrogens with one attached hydrogen (secondary N) is 1. The molecule has 0 radical (unpaired) electrons. The molecule has 124 valence electrons. The van der Waals surface area contributed by atoms with E-state index in [4.69, 9.17) is 4.74 Å².